The smallest absolute Gasteiger partial charge is 0.344 e. The lowest BCUT2D eigenvalue weighted by atomic mass is 10.1. The van der Waals surface area contributed by atoms with E-state index in [-0.39, 0.29) is 33.5 Å². The van der Waals surface area contributed by atoms with Crippen molar-refractivity contribution in [3.63, 3.8) is 0 Å². The maximum atomic E-state index is 10.9. The summed E-state index contributed by atoms with van der Waals surface area (Å²) in [6, 6.07) is 2.77. The Morgan fingerprint density at radius 1 is 1.28 bits per heavy atom. The first-order chi connectivity index (χ1) is 11.6. The first-order valence-corrected chi connectivity index (χ1v) is 9.63. The number of nitrogens with zero attached hydrogens (tertiary/aromatic N) is 2. The van der Waals surface area contributed by atoms with Gasteiger partial charge in [0.2, 0.25) is 0 Å². The summed E-state index contributed by atoms with van der Waals surface area (Å²) in [4.78, 5) is 25.8. The second-order valence-corrected chi connectivity index (χ2v) is 7.91. The molecule has 0 radical (unpaired) electrons. The van der Waals surface area contributed by atoms with Crippen LogP contribution in [0, 0.1) is 0 Å². The van der Waals surface area contributed by atoms with Crippen LogP contribution in [0.15, 0.2) is 18.3 Å². The molecular formula is C14H16Cl2N3O5P. The molecule has 0 unspecified atom stereocenters. The first-order valence-electron chi connectivity index (χ1n) is 7.08. The van der Waals surface area contributed by atoms with Gasteiger partial charge in [0.05, 0.1) is 21.9 Å². The van der Waals surface area contributed by atoms with E-state index in [1.165, 1.54) is 18.3 Å². The van der Waals surface area contributed by atoms with Crippen LogP contribution in [-0.2, 0) is 4.57 Å². The van der Waals surface area contributed by atoms with E-state index in [1.807, 2.05) is 13.8 Å². The van der Waals surface area contributed by atoms with Gasteiger partial charge in [0.1, 0.15) is 6.29 Å². The van der Waals surface area contributed by atoms with Gasteiger partial charge in [0, 0.05) is 5.69 Å². The van der Waals surface area contributed by atoms with E-state index in [2.05, 4.69) is 15.3 Å². The average molecular weight is 408 g/mol. The molecule has 0 aliphatic heterocycles. The molecule has 0 saturated heterocycles. The van der Waals surface area contributed by atoms with Gasteiger partial charge in [-0.05, 0) is 18.1 Å². The number of halogens is 2. The van der Waals surface area contributed by atoms with E-state index in [1.54, 1.807) is 0 Å². The number of rotatable bonds is 6. The Morgan fingerprint density at radius 2 is 1.88 bits per heavy atom. The summed E-state index contributed by atoms with van der Waals surface area (Å²) >= 11 is 12.2. The van der Waals surface area contributed by atoms with Gasteiger partial charge >= 0.3 is 13.6 Å². The fourth-order valence-corrected chi connectivity index (χ4v) is 2.84. The zero-order valence-electron chi connectivity index (χ0n) is 13.3. The minimum atomic E-state index is -4.22. The molecule has 0 aliphatic rings. The normalized spacial score (nSPS) is 11.6. The molecule has 0 amide bonds. The molecule has 1 aromatic heterocycles. The van der Waals surface area contributed by atoms with Gasteiger partial charge in [-0.25, -0.2) is 0 Å². The highest BCUT2D eigenvalue weighted by atomic mass is 35.5. The lowest BCUT2D eigenvalue weighted by Gasteiger charge is -2.13. The van der Waals surface area contributed by atoms with Crippen LogP contribution in [0.5, 0.6) is 17.5 Å². The SMILES string of the molecule is CC(C)c1nc(Oc2c(Cl)cc(NCP(=O)(O)O)cc2Cl)ncc1O. The quantitative estimate of drug-likeness (QED) is 0.530. The highest BCUT2D eigenvalue weighted by Crippen LogP contribution is 2.40. The molecule has 4 N–H and O–H groups in total. The van der Waals surface area contributed by atoms with Crippen molar-refractivity contribution in [3.8, 4) is 17.5 Å². The van der Waals surface area contributed by atoms with Gasteiger partial charge in [0.15, 0.2) is 11.5 Å². The van der Waals surface area contributed by atoms with Crippen LogP contribution in [-0.4, -0.2) is 31.1 Å². The maximum absolute atomic E-state index is 10.9. The predicted octanol–water partition coefficient (Wildman–Crippen LogP) is 3.95. The number of hydrogen-bond acceptors (Lipinski definition) is 6. The Bertz CT molecular complexity index is 805. The van der Waals surface area contributed by atoms with Gasteiger partial charge in [-0.15, -0.1) is 0 Å². The van der Waals surface area contributed by atoms with Crippen LogP contribution < -0.4 is 10.1 Å². The lowest BCUT2D eigenvalue weighted by molar-refractivity contribution is 0.375. The summed E-state index contributed by atoms with van der Waals surface area (Å²) < 4.78 is 16.4. The van der Waals surface area contributed by atoms with E-state index < -0.39 is 13.9 Å². The second kappa shape index (κ2) is 7.76. The molecule has 0 spiro atoms. The van der Waals surface area contributed by atoms with E-state index in [4.69, 9.17) is 37.7 Å². The molecule has 0 fully saturated rings. The van der Waals surface area contributed by atoms with E-state index in [0.717, 1.165) is 0 Å². The van der Waals surface area contributed by atoms with Crippen LogP contribution >= 0.6 is 30.8 Å². The molecule has 1 heterocycles. The second-order valence-electron chi connectivity index (χ2n) is 5.45. The molecule has 136 valence electrons. The molecular weight excluding hydrogens is 392 g/mol. The number of aromatic nitrogens is 2. The number of anilines is 1. The van der Waals surface area contributed by atoms with Crippen molar-refractivity contribution in [1.82, 2.24) is 9.97 Å². The van der Waals surface area contributed by atoms with Gasteiger partial charge in [-0.3, -0.25) is 4.57 Å². The topological polar surface area (TPSA) is 125 Å². The maximum Gasteiger partial charge on any atom is 0.344 e. The fraction of sp³-hybridized carbons (Fsp3) is 0.286. The molecule has 0 aliphatic carbocycles. The molecule has 1 aromatic carbocycles. The van der Waals surface area contributed by atoms with Crippen molar-refractivity contribution in [2.45, 2.75) is 19.8 Å². The van der Waals surface area contributed by atoms with Gasteiger partial charge in [-0.1, -0.05) is 37.0 Å². The van der Waals surface area contributed by atoms with Crippen LogP contribution in [0.3, 0.4) is 0 Å². The van der Waals surface area contributed by atoms with E-state index in [9.17, 15) is 9.67 Å². The van der Waals surface area contributed by atoms with Crippen molar-refractivity contribution >= 4 is 36.5 Å². The third-order valence-corrected chi connectivity index (χ3v) is 4.14. The highest BCUT2D eigenvalue weighted by molar-refractivity contribution is 7.51. The third kappa shape index (κ3) is 5.45. The van der Waals surface area contributed by atoms with Crippen LogP contribution in [0.2, 0.25) is 10.0 Å². The Balaban J connectivity index is 2.26. The molecule has 0 bridgehead atoms. The van der Waals surface area contributed by atoms with Gasteiger partial charge in [-0.2, -0.15) is 9.97 Å². The average Bonchev–Trinajstić information content (AvgIpc) is 2.49. The Labute approximate surface area is 154 Å². The molecule has 8 nitrogen and oxygen atoms in total. The minimum Gasteiger partial charge on any atom is -0.504 e. The molecule has 11 heteroatoms. The molecule has 2 aromatic rings. The minimum absolute atomic E-state index is 0.0405. The van der Waals surface area contributed by atoms with E-state index >= 15 is 0 Å². The third-order valence-electron chi connectivity index (χ3n) is 3.00. The summed E-state index contributed by atoms with van der Waals surface area (Å²) in [5, 5.41) is 12.5. The molecule has 2 rings (SSSR count). The van der Waals surface area contributed by atoms with Crippen molar-refractivity contribution in [2.24, 2.45) is 0 Å². The van der Waals surface area contributed by atoms with Crippen molar-refractivity contribution < 1.29 is 24.2 Å². The zero-order chi connectivity index (χ0) is 18.8. The first kappa shape index (κ1) is 19.8. The Kier molecular flexibility index (Phi) is 6.13. The zero-order valence-corrected chi connectivity index (χ0v) is 15.7. The number of ether oxygens (including phenoxy) is 1. The highest BCUT2D eigenvalue weighted by Gasteiger charge is 2.17. The van der Waals surface area contributed by atoms with E-state index in [0.29, 0.717) is 11.4 Å². The van der Waals surface area contributed by atoms with Crippen LogP contribution in [0.1, 0.15) is 25.5 Å². The van der Waals surface area contributed by atoms with Gasteiger partial charge in [0.25, 0.3) is 0 Å². The Morgan fingerprint density at radius 3 is 2.40 bits per heavy atom. The van der Waals surface area contributed by atoms with Crippen molar-refractivity contribution in [3.05, 3.63) is 34.1 Å². The monoisotopic (exact) mass is 407 g/mol. The summed E-state index contributed by atoms with van der Waals surface area (Å²) in [5.74, 6) is -0.00230. The molecule has 0 saturated carbocycles. The van der Waals surface area contributed by atoms with Crippen LogP contribution in [0.4, 0.5) is 5.69 Å². The van der Waals surface area contributed by atoms with Crippen molar-refractivity contribution in [2.75, 3.05) is 11.6 Å². The summed E-state index contributed by atoms with van der Waals surface area (Å²) in [6.07, 6.45) is 0.661. The standard InChI is InChI=1S/C14H16Cl2N3O5P/c1-7(2)12-11(20)5-17-14(19-12)24-13-9(15)3-8(4-10(13)16)18-6-25(21,22)23/h3-5,7,18,20H,6H2,1-2H3,(H2,21,22,23). The number of aromatic hydroxyl groups is 1. The summed E-state index contributed by atoms with van der Waals surface area (Å²) in [6.45, 7) is 3.71. The molecule has 25 heavy (non-hydrogen) atoms. The lowest BCUT2D eigenvalue weighted by Crippen LogP contribution is -2.03. The Hall–Kier alpha value is -1.57. The van der Waals surface area contributed by atoms with Crippen molar-refractivity contribution in [1.29, 1.82) is 0 Å². The number of benzene rings is 1. The molecule has 0 atom stereocenters. The van der Waals surface area contributed by atoms with Gasteiger partial charge < -0.3 is 24.9 Å². The predicted molar refractivity (Wildman–Crippen MR) is 94.9 cm³/mol. The fourth-order valence-electron chi connectivity index (χ4n) is 1.89. The number of hydrogen-bond donors (Lipinski definition) is 4. The summed E-state index contributed by atoms with van der Waals surface area (Å²) in [5.41, 5.74) is 0.734. The number of nitrogens with one attached hydrogen (secondary N) is 1. The largest absolute Gasteiger partial charge is 0.504 e. The van der Waals surface area contributed by atoms with Crippen LogP contribution in [0.25, 0.3) is 0 Å². The summed E-state index contributed by atoms with van der Waals surface area (Å²) in [7, 11) is -4.22.